The number of hydrogen-bond donors (Lipinski definition) is 2. The van der Waals surface area contributed by atoms with E-state index in [0.29, 0.717) is 24.3 Å². The van der Waals surface area contributed by atoms with Crippen LogP contribution in [0.4, 0.5) is 11.4 Å². The van der Waals surface area contributed by atoms with Crippen LogP contribution < -0.4 is 14.9 Å². The maximum Gasteiger partial charge on any atom is 0.265 e. The van der Waals surface area contributed by atoms with Crippen LogP contribution in [0.2, 0.25) is 5.02 Å². The lowest BCUT2D eigenvalue weighted by Gasteiger charge is -2.20. The molecular weight excluding hydrogens is 462 g/mol. The third kappa shape index (κ3) is 4.86. The summed E-state index contributed by atoms with van der Waals surface area (Å²) in [6.45, 7) is 1.94. The zero-order valence-corrected chi connectivity index (χ0v) is 19.4. The van der Waals surface area contributed by atoms with Crippen LogP contribution in [0.15, 0.2) is 71.6 Å². The van der Waals surface area contributed by atoms with Crippen molar-refractivity contribution in [1.82, 2.24) is 5.32 Å². The second-order valence-corrected chi connectivity index (χ2v) is 9.90. The molecule has 4 rings (SSSR count). The summed E-state index contributed by atoms with van der Waals surface area (Å²) >= 11 is 6.25. The minimum absolute atomic E-state index is 0.0546. The summed E-state index contributed by atoms with van der Waals surface area (Å²) in [5.74, 6) is -0.624. The quantitative estimate of drug-likeness (QED) is 0.554. The molecule has 3 aromatic rings. The van der Waals surface area contributed by atoms with Crippen LogP contribution in [0.1, 0.15) is 28.4 Å². The van der Waals surface area contributed by atoms with Crippen LogP contribution in [0.3, 0.4) is 0 Å². The lowest BCUT2D eigenvalue weighted by Crippen LogP contribution is -2.30. The number of fused-ring (bicyclic) bond motifs is 1. The second-order valence-electron chi connectivity index (χ2n) is 7.67. The van der Waals surface area contributed by atoms with E-state index in [-0.39, 0.29) is 27.9 Å². The highest BCUT2D eigenvalue weighted by atomic mass is 35.5. The minimum atomic E-state index is -3.94. The predicted molar refractivity (Wildman–Crippen MR) is 128 cm³/mol. The van der Waals surface area contributed by atoms with Crippen LogP contribution in [0, 0.1) is 0 Å². The normalized spacial score (nSPS) is 12.8. The fourth-order valence-corrected chi connectivity index (χ4v) is 5.77. The topological polar surface area (TPSA) is 95.6 Å². The molecule has 1 aliphatic rings. The third-order valence-electron chi connectivity index (χ3n) is 5.31. The highest BCUT2D eigenvalue weighted by molar-refractivity contribution is 7.93. The zero-order valence-electron chi connectivity index (χ0n) is 17.8. The number of sulfonamides is 1. The molecular formula is C24H22ClN3O4S. The van der Waals surface area contributed by atoms with E-state index in [0.717, 1.165) is 11.1 Å². The van der Waals surface area contributed by atoms with E-state index >= 15 is 0 Å². The molecule has 2 amide bonds. The van der Waals surface area contributed by atoms with Crippen molar-refractivity contribution in [2.24, 2.45) is 0 Å². The van der Waals surface area contributed by atoms with Gasteiger partial charge in [0.2, 0.25) is 5.91 Å². The van der Waals surface area contributed by atoms with Crippen LogP contribution in [-0.4, -0.2) is 26.8 Å². The van der Waals surface area contributed by atoms with Crippen molar-refractivity contribution in [1.29, 1.82) is 0 Å². The van der Waals surface area contributed by atoms with Gasteiger partial charge in [-0.1, -0.05) is 41.9 Å². The molecule has 0 saturated heterocycles. The van der Waals surface area contributed by atoms with Gasteiger partial charge in [-0.05, 0) is 53.9 Å². The van der Waals surface area contributed by atoms with E-state index in [4.69, 9.17) is 11.6 Å². The Balaban J connectivity index is 1.54. The number of nitrogens with zero attached hydrogens (tertiary/aromatic N) is 1. The zero-order chi connectivity index (χ0) is 23.6. The van der Waals surface area contributed by atoms with Gasteiger partial charge < -0.3 is 10.6 Å². The number of carbonyl (C=O) groups is 2. The fourth-order valence-electron chi connectivity index (χ4n) is 3.77. The van der Waals surface area contributed by atoms with Crippen molar-refractivity contribution in [3.63, 3.8) is 0 Å². The number of hydrogen-bond acceptors (Lipinski definition) is 4. The molecule has 0 radical (unpaired) electrons. The molecule has 7 nitrogen and oxygen atoms in total. The van der Waals surface area contributed by atoms with Crippen molar-refractivity contribution in [3.8, 4) is 0 Å². The first-order valence-corrected chi connectivity index (χ1v) is 12.1. The first-order chi connectivity index (χ1) is 15.8. The van der Waals surface area contributed by atoms with Gasteiger partial charge in [0.25, 0.3) is 15.9 Å². The smallest absolute Gasteiger partial charge is 0.265 e. The van der Waals surface area contributed by atoms with E-state index < -0.39 is 15.9 Å². The van der Waals surface area contributed by atoms with Gasteiger partial charge in [0, 0.05) is 31.3 Å². The van der Waals surface area contributed by atoms with Gasteiger partial charge in [0.1, 0.15) is 4.90 Å². The van der Waals surface area contributed by atoms with Gasteiger partial charge in [-0.15, -0.1) is 0 Å². The molecule has 1 heterocycles. The summed E-state index contributed by atoms with van der Waals surface area (Å²) in [6.07, 6.45) is 0.616. The maximum absolute atomic E-state index is 13.4. The van der Waals surface area contributed by atoms with E-state index in [1.807, 2.05) is 18.2 Å². The Morgan fingerprint density at radius 3 is 2.61 bits per heavy atom. The number of benzene rings is 3. The average molecular weight is 484 g/mol. The Bertz CT molecular complexity index is 1340. The molecule has 0 fully saturated rings. The molecule has 0 aliphatic carbocycles. The molecule has 33 heavy (non-hydrogen) atoms. The highest BCUT2D eigenvalue weighted by Gasteiger charge is 2.32. The molecule has 0 aromatic heterocycles. The predicted octanol–water partition coefficient (Wildman–Crippen LogP) is 3.98. The summed E-state index contributed by atoms with van der Waals surface area (Å²) in [7, 11) is -3.94. The summed E-state index contributed by atoms with van der Waals surface area (Å²) in [4.78, 5) is 23.9. The van der Waals surface area contributed by atoms with Crippen LogP contribution in [0.25, 0.3) is 0 Å². The standard InChI is InChI=1S/C24H22ClN3O4S/c1-16(29)27-20-7-4-5-17(13-20)15-26-24(30)19-9-10-21(25)23(14-19)33(31,32)28-12-11-18-6-2-3-8-22(18)28/h2-10,13-14H,11-12,15H2,1H3,(H,26,30)(H,27,29). The molecule has 170 valence electrons. The molecule has 0 atom stereocenters. The van der Waals surface area contributed by atoms with E-state index in [1.54, 1.807) is 30.3 Å². The lowest BCUT2D eigenvalue weighted by atomic mass is 10.1. The largest absolute Gasteiger partial charge is 0.348 e. The third-order valence-corrected chi connectivity index (χ3v) is 7.60. The molecule has 0 bridgehead atoms. The second kappa shape index (κ2) is 9.25. The van der Waals surface area contributed by atoms with Crippen LogP contribution in [-0.2, 0) is 27.8 Å². The van der Waals surface area contributed by atoms with Crippen molar-refractivity contribution in [2.75, 3.05) is 16.2 Å². The van der Waals surface area contributed by atoms with Gasteiger partial charge in [0.15, 0.2) is 0 Å². The van der Waals surface area contributed by atoms with Crippen molar-refractivity contribution < 1.29 is 18.0 Å². The molecule has 2 N–H and O–H groups in total. The Morgan fingerprint density at radius 2 is 1.82 bits per heavy atom. The first-order valence-electron chi connectivity index (χ1n) is 10.3. The minimum Gasteiger partial charge on any atom is -0.348 e. The van der Waals surface area contributed by atoms with Crippen molar-refractivity contribution >= 4 is 44.8 Å². The fraction of sp³-hybridized carbons (Fsp3) is 0.167. The number of anilines is 2. The molecule has 0 spiro atoms. The van der Waals surface area contributed by atoms with Gasteiger partial charge >= 0.3 is 0 Å². The highest BCUT2D eigenvalue weighted by Crippen LogP contribution is 2.35. The van der Waals surface area contributed by atoms with Crippen molar-refractivity contribution in [2.45, 2.75) is 24.8 Å². The van der Waals surface area contributed by atoms with E-state index in [1.165, 1.54) is 29.4 Å². The van der Waals surface area contributed by atoms with Gasteiger partial charge in [0.05, 0.1) is 10.7 Å². The molecule has 1 aliphatic heterocycles. The summed E-state index contributed by atoms with van der Waals surface area (Å²) < 4.78 is 28.1. The summed E-state index contributed by atoms with van der Waals surface area (Å²) in [5.41, 5.74) is 3.17. The van der Waals surface area contributed by atoms with Crippen molar-refractivity contribution in [3.05, 3.63) is 88.4 Å². The summed E-state index contributed by atoms with van der Waals surface area (Å²) in [6, 6.07) is 18.6. The average Bonchev–Trinajstić information content (AvgIpc) is 3.22. The number of para-hydroxylation sites is 1. The van der Waals surface area contributed by atoms with Gasteiger partial charge in [-0.2, -0.15) is 0 Å². The molecule has 3 aromatic carbocycles. The van der Waals surface area contributed by atoms with E-state index in [2.05, 4.69) is 10.6 Å². The monoisotopic (exact) mass is 483 g/mol. The van der Waals surface area contributed by atoms with E-state index in [9.17, 15) is 18.0 Å². The number of amides is 2. The Hall–Kier alpha value is -3.36. The Morgan fingerprint density at radius 1 is 1.03 bits per heavy atom. The van der Waals surface area contributed by atoms with Crippen LogP contribution in [0.5, 0.6) is 0 Å². The molecule has 9 heteroatoms. The summed E-state index contributed by atoms with van der Waals surface area (Å²) in [5, 5.41) is 5.52. The lowest BCUT2D eigenvalue weighted by molar-refractivity contribution is -0.114. The number of rotatable bonds is 6. The maximum atomic E-state index is 13.4. The molecule has 0 saturated carbocycles. The van der Waals surface area contributed by atoms with Crippen LogP contribution >= 0.6 is 11.6 Å². The van der Waals surface area contributed by atoms with Gasteiger partial charge in [-0.3, -0.25) is 13.9 Å². The number of nitrogens with one attached hydrogen (secondary N) is 2. The number of halogens is 1. The molecule has 0 unspecified atom stereocenters. The number of carbonyl (C=O) groups excluding carboxylic acids is 2. The SMILES string of the molecule is CC(=O)Nc1cccc(CNC(=O)c2ccc(Cl)c(S(=O)(=O)N3CCc4ccccc43)c2)c1. The Labute approximate surface area is 197 Å². The first kappa shape index (κ1) is 22.8. The Kier molecular flexibility index (Phi) is 6.40. The van der Waals surface area contributed by atoms with Gasteiger partial charge in [-0.25, -0.2) is 8.42 Å².